The van der Waals surface area contributed by atoms with Crippen LogP contribution in [0.4, 0.5) is 0 Å². The van der Waals surface area contributed by atoms with Crippen molar-refractivity contribution in [2.45, 2.75) is 12.8 Å². The van der Waals surface area contributed by atoms with Crippen molar-refractivity contribution >= 4 is 17.7 Å². The number of ketones is 1. The van der Waals surface area contributed by atoms with E-state index in [0.717, 1.165) is 18.5 Å². The van der Waals surface area contributed by atoms with Crippen molar-refractivity contribution in [2.75, 3.05) is 20.1 Å². The molecule has 1 aliphatic rings. The number of aliphatic carboxylic acids is 2. The fraction of sp³-hybridized carbons (Fsp3) is 0.353. The highest BCUT2D eigenvalue weighted by Crippen LogP contribution is 2.14. The number of nitrogens with one attached hydrogen (secondary N) is 1. The number of Topliss-reactive ketones (excluding diaryl/α,β-unsaturated/α-hetero) is 1. The summed E-state index contributed by atoms with van der Waals surface area (Å²) in [6.45, 7) is 2.20. The third-order valence-electron chi connectivity index (χ3n) is 3.54. The van der Waals surface area contributed by atoms with E-state index in [9.17, 15) is 19.5 Å². The van der Waals surface area contributed by atoms with Crippen molar-refractivity contribution in [1.82, 2.24) is 0 Å². The lowest BCUT2D eigenvalue weighted by atomic mass is 9.90. The van der Waals surface area contributed by atoms with Crippen LogP contribution in [-0.2, 0) is 9.59 Å². The van der Waals surface area contributed by atoms with E-state index >= 15 is 0 Å². The zero-order chi connectivity index (χ0) is 17.2. The lowest BCUT2D eigenvalue weighted by Crippen LogP contribution is -3.10. The summed E-state index contributed by atoms with van der Waals surface area (Å²) in [5, 5.41) is 17.2. The van der Waals surface area contributed by atoms with Crippen molar-refractivity contribution in [3.8, 4) is 0 Å². The van der Waals surface area contributed by atoms with E-state index in [1.165, 1.54) is 17.9 Å². The van der Waals surface area contributed by atoms with Gasteiger partial charge in [-0.2, -0.15) is 0 Å². The van der Waals surface area contributed by atoms with Crippen LogP contribution in [0.15, 0.2) is 42.5 Å². The van der Waals surface area contributed by atoms with E-state index in [-0.39, 0.29) is 5.92 Å². The van der Waals surface area contributed by atoms with Crippen LogP contribution in [-0.4, -0.2) is 43.0 Å². The quantitative estimate of drug-likeness (QED) is 0.557. The Morgan fingerprint density at radius 3 is 2.35 bits per heavy atom. The number of piperidine rings is 1. The first-order valence-corrected chi connectivity index (χ1v) is 7.42. The van der Waals surface area contributed by atoms with Crippen LogP contribution in [0, 0.1) is 5.92 Å². The first-order chi connectivity index (χ1) is 10.9. The van der Waals surface area contributed by atoms with Gasteiger partial charge in [0.25, 0.3) is 0 Å². The summed E-state index contributed by atoms with van der Waals surface area (Å²) < 4.78 is 0. The van der Waals surface area contributed by atoms with Gasteiger partial charge in [-0.3, -0.25) is 4.79 Å². The molecular formula is C17H21NO5. The van der Waals surface area contributed by atoms with Crippen LogP contribution < -0.4 is 10.0 Å². The summed E-state index contributed by atoms with van der Waals surface area (Å²) in [7, 11) is 2.17. The van der Waals surface area contributed by atoms with Gasteiger partial charge in [0.1, 0.15) is 0 Å². The van der Waals surface area contributed by atoms with E-state index in [2.05, 4.69) is 7.05 Å². The number of carbonyl (C=O) groups is 3. The molecule has 23 heavy (non-hydrogen) atoms. The number of likely N-dealkylation sites (tertiary alicyclic amines) is 1. The predicted octanol–water partition coefficient (Wildman–Crippen LogP) is -0.829. The standard InChI is InChI=1S/C13H17NO.C4H4O4/c1-14-9-5-8-12(10-14)13(15)11-6-3-2-4-7-11;5-3(6)1-2-4(7)8/h2-4,6-7,12H,5,8-10H2,1H3;1-2H,(H,5,6)(H,7,8)/b;2-1-. The Bertz CT molecular complexity index is 552. The minimum absolute atomic E-state index is 0.237. The molecule has 6 nitrogen and oxygen atoms in total. The second-order valence-electron chi connectivity index (χ2n) is 5.47. The molecule has 0 radical (unpaired) electrons. The average Bonchev–Trinajstić information content (AvgIpc) is 2.54. The SMILES string of the molecule is C[NH+]1CCCC(C(=O)c2ccccc2)C1.O=C([O-])/C=C\C(=O)O. The van der Waals surface area contributed by atoms with Crippen LogP contribution in [0.3, 0.4) is 0 Å². The highest BCUT2D eigenvalue weighted by atomic mass is 16.4. The molecule has 0 aliphatic carbocycles. The van der Waals surface area contributed by atoms with Gasteiger partial charge in [-0.25, -0.2) is 4.79 Å². The maximum atomic E-state index is 12.1. The molecule has 1 heterocycles. The summed E-state index contributed by atoms with van der Waals surface area (Å²) in [4.78, 5) is 32.6. The molecule has 2 unspecified atom stereocenters. The van der Waals surface area contributed by atoms with E-state index < -0.39 is 11.9 Å². The van der Waals surface area contributed by atoms with Gasteiger partial charge < -0.3 is 19.9 Å². The van der Waals surface area contributed by atoms with Gasteiger partial charge >= 0.3 is 5.97 Å². The Morgan fingerprint density at radius 1 is 1.22 bits per heavy atom. The van der Waals surface area contributed by atoms with Gasteiger partial charge in [0, 0.05) is 11.6 Å². The molecule has 0 saturated carbocycles. The Labute approximate surface area is 135 Å². The van der Waals surface area contributed by atoms with E-state index in [0.29, 0.717) is 17.9 Å². The first kappa shape index (κ1) is 18.6. The average molecular weight is 319 g/mol. The largest absolute Gasteiger partial charge is 0.545 e. The number of carboxylic acid groups (broad SMARTS) is 2. The predicted molar refractivity (Wildman–Crippen MR) is 81.9 cm³/mol. The molecule has 1 aromatic carbocycles. The van der Waals surface area contributed by atoms with Gasteiger partial charge in [0.15, 0.2) is 5.78 Å². The molecule has 0 spiro atoms. The molecule has 2 N–H and O–H groups in total. The molecule has 2 atom stereocenters. The molecule has 0 aromatic heterocycles. The molecule has 1 saturated heterocycles. The number of carbonyl (C=O) groups excluding carboxylic acids is 2. The topological polar surface area (TPSA) is 98.9 Å². The van der Waals surface area contributed by atoms with Gasteiger partial charge in [-0.15, -0.1) is 0 Å². The Morgan fingerprint density at radius 2 is 1.87 bits per heavy atom. The summed E-state index contributed by atoms with van der Waals surface area (Å²) >= 11 is 0. The molecule has 1 aliphatic heterocycles. The smallest absolute Gasteiger partial charge is 0.328 e. The van der Waals surface area contributed by atoms with Crippen molar-refractivity contribution in [1.29, 1.82) is 0 Å². The van der Waals surface area contributed by atoms with Gasteiger partial charge in [0.05, 0.1) is 32.0 Å². The number of quaternary nitrogens is 1. The second-order valence-corrected chi connectivity index (χ2v) is 5.47. The van der Waals surface area contributed by atoms with E-state index in [1.807, 2.05) is 30.3 Å². The summed E-state index contributed by atoms with van der Waals surface area (Å²) in [6.07, 6.45) is 3.18. The van der Waals surface area contributed by atoms with E-state index in [4.69, 9.17) is 5.11 Å². The third kappa shape index (κ3) is 7.37. The molecule has 1 aromatic rings. The maximum absolute atomic E-state index is 12.1. The molecule has 0 amide bonds. The van der Waals surface area contributed by atoms with Crippen LogP contribution in [0.5, 0.6) is 0 Å². The minimum atomic E-state index is -1.51. The summed E-state index contributed by atoms with van der Waals surface area (Å²) in [5.41, 5.74) is 0.872. The van der Waals surface area contributed by atoms with Crippen molar-refractivity contribution in [2.24, 2.45) is 5.92 Å². The highest BCUT2D eigenvalue weighted by Gasteiger charge is 2.27. The molecular weight excluding hydrogens is 298 g/mol. The molecule has 2 rings (SSSR count). The minimum Gasteiger partial charge on any atom is -0.545 e. The van der Waals surface area contributed by atoms with Crippen molar-refractivity contribution in [3.05, 3.63) is 48.0 Å². The highest BCUT2D eigenvalue weighted by molar-refractivity contribution is 5.97. The Balaban J connectivity index is 0.000000284. The fourth-order valence-electron chi connectivity index (χ4n) is 2.48. The molecule has 0 bridgehead atoms. The second kappa shape index (κ2) is 9.53. The summed E-state index contributed by atoms with van der Waals surface area (Å²) in [6, 6.07) is 9.67. The zero-order valence-electron chi connectivity index (χ0n) is 13.0. The first-order valence-electron chi connectivity index (χ1n) is 7.42. The Hall–Kier alpha value is -2.47. The molecule has 124 valence electrons. The monoisotopic (exact) mass is 319 g/mol. The van der Waals surface area contributed by atoms with E-state index in [1.54, 1.807) is 0 Å². The van der Waals surface area contributed by atoms with Gasteiger partial charge in [-0.05, 0) is 18.9 Å². The lowest BCUT2D eigenvalue weighted by molar-refractivity contribution is -0.887. The van der Waals surface area contributed by atoms with Crippen molar-refractivity contribution in [3.63, 3.8) is 0 Å². The van der Waals surface area contributed by atoms with Crippen LogP contribution in [0.1, 0.15) is 23.2 Å². The zero-order valence-corrected chi connectivity index (χ0v) is 13.0. The molecule has 6 heteroatoms. The number of carboxylic acids is 2. The number of benzene rings is 1. The molecule has 1 fully saturated rings. The van der Waals surface area contributed by atoms with Crippen LogP contribution in [0.25, 0.3) is 0 Å². The third-order valence-corrected chi connectivity index (χ3v) is 3.54. The number of hydrogen-bond acceptors (Lipinski definition) is 4. The van der Waals surface area contributed by atoms with Gasteiger partial charge in [0.2, 0.25) is 0 Å². The van der Waals surface area contributed by atoms with Crippen LogP contribution in [0.2, 0.25) is 0 Å². The van der Waals surface area contributed by atoms with Gasteiger partial charge in [-0.1, -0.05) is 30.3 Å². The Kier molecular flexibility index (Phi) is 7.70. The van der Waals surface area contributed by atoms with Crippen LogP contribution >= 0.6 is 0 Å². The fourth-order valence-corrected chi connectivity index (χ4v) is 2.48. The summed E-state index contributed by atoms with van der Waals surface area (Å²) in [5.74, 6) is -2.24. The number of hydrogen-bond donors (Lipinski definition) is 2. The maximum Gasteiger partial charge on any atom is 0.328 e. The lowest BCUT2D eigenvalue weighted by Gasteiger charge is -2.25. The van der Waals surface area contributed by atoms with Crippen molar-refractivity contribution < 1.29 is 29.5 Å². The normalized spacial score (nSPS) is 20.4. The number of rotatable bonds is 4.